The topological polar surface area (TPSA) is 20.3 Å². The first-order valence-corrected chi connectivity index (χ1v) is 4.85. The molecule has 0 unspecified atom stereocenters. The van der Waals surface area contributed by atoms with Gasteiger partial charge in [-0.15, -0.1) is 6.42 Å². The highest BCUT2D eigenvalue weighted by atomic mass is 16.1. The monoisotopic (exact) mass is 201 g/mol. The largest absolute Gasteiger partial charge is 0.295 e. The quantitative estimate of drug-likeness (QED) is 0.548. The van der Waals surface area contributed by atoms with Gasteiger partial charge in [0.05, 0.1) is 6.54 Å². The number of nitrogens with zero attached hydrogens (tertiary/aromatic N) is 1. The van der Waals surface area contributed by atoms with Gasteiger partial charge in [0.2, 0.25) is 0 Å². The number of carbonyl (C=O) groups is 1. The highest BCUT2D eigenvalue weighted by molar-refractivity contribution is 5.93. The minimum absolute atomic E-state index is 0.0959. The van der Waals surface area contributed by atoms with Crippen LogP contribution in [0.3, 0.4) is 0 Å². The third kappa shape index (κ3) is 3.57. The highest BCUT2D eigenvalue weighted by Gasteiger charge is 2.01. The van der Waals surface area contributed by atoms with Crippen LogP contribution in [0, 0.1) is 12.3 Å². The molecule has 0 spiro atoms. The van der Waals surface area contributed by atoms with E-state index in [-0.39, 0.29) is 5.78 Å². The van der Waals surface area contributed by atoms with Crippen molar-refractivity contribution in [3.05, 3.63) is 35.4 Å². The maximum absolute atomic E-state index is 11.0. The van der Waals surface area contributed by atoms with E-state index in [0.29, 0.717) is 6.54 Å². The van der Waals surface area contributed by atoms with E-state index in [1.54, 1.807) is 6.92 Å². The average Bonchev–Trinajstić information content (AvgIpc) is 2.18. The smallest absolute Gasteiger partial charge is 0.159 e. The highest BCUT2D eigenvalue weighted by Crippen LogP contribution is 2.07. The summed E-state index contributed by atoms with van der Waals surface area (Å²) in [6, 6.07) is 7.62. The minimum Gasteiger partial charge on any atom is -0.295 e. The summed E-state index contributed by atoms with van der Waals surface area (Å²) in [5, 5.41) is 0. The van der Waals surface area contributed by atoms with Gasteiger partial charge in [0.15, 0.2) is 5.78 Å². The van der Waals surface area contributed by atoms with Crippen molar-refractivity contribution in [1.82, 2.24) is 4.90 Å². The zero-order chi connectivity index (χ0) is 11.3. The molecule has 1 aromatic carbocycles. The molecule has 0 bridgehead atoms. The summed E-state index contributed by atoms with van der Waals surface area (Å²) >= 11 is 0. The molecule has 1 rings (SSSR count). The first-order chi connectivity index (χ1) is 7.13. The van der Waals surface area contributed by atoms with E-state index in [2.05, 4.69) is 5.92 Å². The lowest BCUT2D eigenvalue weighted by Crippen LogP contribution is -2.17. The maximum Gasteiger partial charge on any atom is 0.159 e. The molecule has 0 N–H and O–H groups in total. The normalized spacial score (nSPS) is 10.0. The molecular weight excluding hydrogens is 186 g/mol. The van der Waals surface area contributed by atoms with Crippen molar-refractivity contribution in [2.75, 3.05) is 13.6 Å². The van der Waals surface area contributed by atoms with Crippen molar-refractivity contribution < 1.29 is 4.79 Å². The van der Waals surface area contributed by atoms with Crippen molar-refractivity contribution >= 4 is 5.78 Å². The molecule has 0 aliphatic carbocycles. The van der Waals surface area contributed by atoms with Gasteiger partial charge in [-0.25, -0.2) is 0 Å². The van der Waals surface area contributed by atoms with Crippen molar-refractivity contribution in [3.8, 4) is 12.3 Å². The van der Waals surface area contributed by atoms with Crippen molar-refractivity contribution in [1.29, 1.82) is 0 Å². The Morgan fingerprint density at radius 2 is 2.00 bits per heavy atom. The summed E-state index contributed by atoms with van der Waals surface area (Å²) in [5.41, 5.74) is 1.91. The molecule has 0 fully saturated rings. The van der Waals surface area contributed by atoms with Crippen molar-refractivity contribution in [2.24, 2.45) is 0 Å². The fourth-order valence-corrected chi connectivity index (χ4v) is 1.37. The Morgan fingerprint density at radius 3 is 2.47 bits per heavy atom. The Bertz CT molecular complexity index is 373. The Kier molecular flexibility index (Phi) is 4.08. The zero-order valence-corrected chi connectivity index (χ0v) is 9.16. The predicted octanol–water partition coefficient (Wildman–Crippen LogP) is 1.95. The summed E-state index contributed by atoms with van der Waals surface area (Å²) in [5.74, 6) is 2.68. The third-order valence-electron chi connectivity index (χ3n) is 2.17. The Balaban J connectivity index is 2.65. The van der Waals surface area contributed by atoms with Crippen LogP contribution < -0.4 is 0 Å². The number of ketones is 1. The molecule has 0 heterocycles. The molecule has 0 radical (unpaired) electrons. The van der Waals surface area contributed by atoms with Crippen LogP contribution in [-0.4, -0.2) is 24.3 Å². The standard InChI is InChI=1S/C13H15NO/c1-4-9-14(3)10-12-5-7-13(8-6-12)11(2)15/h1,5-8H,9-10H2,2-3H3. The lowest BCUT2D eigenvalue weighted by atomic mass is 10.1. The third-order valence-corrected chi connectivity index (χ3v) is 2.17. The van der Waals surface area contributed by atoms with Gasteiger partial charge in [-0.2, -0.15) is 0 Å². The van der Waals surface area contributed by atoms with Crippen molar-refractivity contribution in [2.45, 2.75) is 13.5 Å². The lowest BCUT2D eigenvalue weighted by molar-refractivity contribution is 0.101. The SMILES string of the molecule is C#CCN(C)Cc1ccc(C(C)=O)cc1. The second-order valence-corrected chi connectivity index (χ2v) is 3.63. The van der Waals surface area contributed by atoms with E-state index in [9.17, 15) is 4.79 Å². The van der Waals surface area contributed by atoms with Gasteiger partial charge in [0.25, 0.3) is 0 Å². The number of hydrogen-bond donors (Lipinski definition) is 0. The first kappa shape index (κ1) is 11.5. The van der Waals surface area contributed by atoms with E-state index in [1.807, 2.05) is 36.2 Å². The molecule has 0 atom stereocenters. The van der Waals surface area contributed by atoms with Crippen LogP contribution in [0.1, 0.15) is 22.8 Å². The van der Waals surface area contributed by atoms with E-state index >= 15 is 0 Å². The van der Waals surface area contributed by atoms with E-state index in [4.69, 9.17) is 6.42 Å². The second kappa shape index (κ2) is 5.33. The maximum atomic E-state index is 11.0. The minimum atomic E-state index is 0.0959. The number of carbonyl (C=O) groups excluding carboxylic acids is 1. The van der Waals surface area contributed by atoms with Gasteiger partial charge in [-0.1, -0.05) is 30.2 Å². The molecule has 0 aromatic heterocycles. The van der Waals surface area contributed by atoms with E-state index in [1.165, 1.54) is 0 Å². The Morgan fingerprint density at radius 1 is 1.40 bits per heavy atom. The number of hydrogen-bond acceptors (Lipinski definition) is 2. The summed E-state index contributed by atoms with van der Waals surface area (Å²) in [7, 11) is 1.97. The summed E-state index contributed by atoms with van der Waals surface area (Å²) in [6.07, 6.45) is 5.21. The fourth-order valence-electron chi connectivity index (χ4n) is 1.37. The van der Waals surface area contributed by atoms with Crippen LogP contribution >= 0.6 is 0 Å². The van der Waals surface area contributed by atoms with Crippen LogP contribution in [0.25, 0.3) is 0 Å². The van der Waals surface area contributed by atoms with Gasteiger partial charge < -0.3 is 0 Å². The van der Waals surface area contributed by atoms with Gasteiger partial charge in [0.1, 0.15) is 0 Å². The number of Topliss-reactive ketones (excluding diaryl/α,β-unsaturated/α-hetero) is 1. The average molecular weight is 201 g/mol. The molecule has 78 valence electrons. The van der Waals surface area contributed by atoms with Crippen LogP contribution in [0.2, 0.25) is 0 Å². The van der Waals surface area contributed by atoms with Crippen LogP contribution in [0.5, 0.6) is 0 Å². The van der Waals surface area contributed by atoms with Crippen LogP contribution in [0.15, 0.2) is 24.3 Å². The molecule has 0 aliphatic heterocycles. The molecule has 0 saturated heterocycles. The van der Waals surface area contributed by atoms with E-state index < -0.39 is 0 Å². The number of terminal acetylenes is 1. The first-order valence-electron chi connectivity index (χ1n) is 4.85. The summed E-state index contributed by atoms with van der Waals surface area (Å²) in [6.45, 7) is 3.01. The van der Waals surface area contributed by atoms with Gasteiger partial charge in [0, 0.05) is 12.1 Å². The van der Waals surface area contributed by atoms with Gasteiger partial charge in [-0.05, 0) is 19.5 Å². The molecule has 1 aromatic rings. The number of benzene rings is 1. The van der Waals surface area contributed by atoms with Crippen LogP contribution in [0.4, 0.5) is 0 Å². The molecule has 0 aliphatic rings. The number of rotatable bonds is 4. The van der Waals surface area contributed by atoms with Gasteiger partial charge >= 0.3 is 0 Å². The summed E-state index contributed by atoms with van der Waals surface area (Å²) in [4.78, 5) is 13.1. The zero-order valence-electron chi connectivity index (χ0n) is 9.16. The summed E-state index contributed by atoms with van der Waals surface area (Å²) < 4.78 is 0. The molecule has 2 nitrogen and oxygen atoms in total. The molecule has 0 amide bonds. The molecule has 15 heavy (non-hydrogen) atoms. The Labute approximate surface area is 90.9 Å². The van der Waals surface area contributed by atoms with Gasteiger partial charge in [-0.3, -0.25) is 9.69 Å². The molecule has 2 heteroatoms. The van der Waals surface area contributed by atoms with Crippen molar-refractivity contribution in [3.63, 3.8) is 0 Å². The lowest BCUT2D eigenvalue weighted by Gasteiger charge is -2.13. The van der Waals surface area contributed by atoms with E-state index in [0.717, 1.165) is 17.7 Å². The molecule has 0 saturated carbocycles. The van der Waals surface area contributed by atoms with Crippen LogP contribution in [-0.2, 0) is 6.54 Å². The Hall–Kier alpha value is -1.59. The molecular formula is C13H15NO. The predicted molar refractivity (Wildman–Crippen MR) is 61.6 cm³/mol. The fraction of sp³-hybridized carbons (Fsp3) is 0.308. The second-order valence-electron chi connectivity index (χ2n) is 3.63.